The van der Waals surface area contributed by atoms with Gasteiger partial charge < -0.3 is 15.2 Å². The van der Waals surface area contributed by atoms with E-state index in [1.54, 1.807) is 6.20 Å². The van der Waals surface area contributed by atoms with E-state index in [4.69, 9.17) is 4.74 Å². The average molecular weight is 309 g/mol. The van der Waals surface area contributed by atoms with Gasteiger partial charge in [0.25, 0.3) is 0 Å². The number of nitrogens with zero attached hydrogens (tertiary/aromatic N) is 2. The van der Waals surface area contributed by atoms with Crippen LogP contribution in [0.25, 0.3) is 5.52 Å². The van der Waals surface area contributed by atoms with Crippen molar-refractivity contribution in [2.45, 2.75) is 18.6 Å². The molecule has 118 valence electrons. The fourth-order valence-corrected chi connectivity index (χ4v) is 3.12. The second-order valence-electron chi connectivity index (χ2n) is 5.97. The van der Waals surface area contributed by atoms with E-state index in [2.05, 4.69) is 16.5 Å². The fraction of sp³-hybridized carbons (Fsp3) is 0.278. The number of hydrogen-bond acceptors (Lipinski definition) is 4. The highest BCUT2D eigenvalue weighted by Crippen LogP contribution is 2.36. The summed E-state index contributed by atoms with van der Waals surface area (Å²) >= 11 is 0. The number of fused-ring (bicyclic) bond motifs is 2. The molecule has 0 aliphatic carbocycles. The SMILES string of the molecule is OC1(CNCc2ccn3nccc3c2)CCOc2ccccc21. The molecular formula is C18H19N3O2. The van der Waals surface area contributed by atoms with Gasteiger partial charge in [0.1, 0.15) is 11.4 Å². The molecule has 3 aromatic rings. The first-order valence-corrected chi connectivity index (χ1v) is 7.82. The van der Waals surface area contributed by atoms with Gasteiger partial charge in [-0.15, -0.1) is 0 Å². The van der Waals surface area contributed by atoms with Crippen molar-refractivity contribution >= 4 is 5.52 Å². The van der Waals surface area contributed by atoms with Crippen LogP contribution in [-0.2, 0) is 12.1 Å². The summed E-state index contributed by atoms with van der Waals surface area (Å²) in [6, 6.07) is 13.8. The fourth-order valence-electron chi connectivity index (χ4n) is 3.12. The van der Waals surface area contributed by atoms with Gasteiger partial charge in [0, 0.05) is 37.5 Å². The second kappa shape index (κ2) is 5.68. The lowest BCUT2D eigenvalue weighted by atomic mass is 9.88. The highest BCUT2D eigenvalue weighted by Gasteiger charge is 2.34. The third-order valence-corrected chi connectivity index (χ3v) is 4.37. The maximum Gasteiger partial charge on any atom is 0.125 e. The lowest BCUT2D eigenvalue weighted by molar-refractivity contribution is -0.00237. The summed E-state index contributed by atoms with van der Waals surface area (Å²) in [4.78, 5) is 0. The molecule has 2 N–H and O–H groups in total. The molecule has 4 rings (SSSR count). The monoisotopic (exact) mass is 309 g/mol. The van der Waals surface area contributed by atoms with Crippen molar-refractivity contribution in [1.82, 2.24) is 14.9 Å². The average Bonchev–Trinajstić information content (AvgIpc) is 3.03. The van der Waals surface area contributed by atoms with Gasteiger partial charge in [-0.2, -0.15) is 5.10 Å². The summed E-state index contributed by atoms with van der Waals surface area (Å²) in [5, 5.41) is 18.5. The molecule has 0 radical (unpaired) electrons. The number of aliphatic hydroxyl groups is 1. The molecule has 1 aromatic carbocycles. The van der Waals surface area contributed by atoms with Crippen LogP contribution < -0.4 is 10.1 Å². The normalized spacial score (nSPS) is 20.2. The molecule has 0 saturated carbocycles. The molecule has 0 saturated heterocycles. The number of nitrogens with one attached hydrogen (secondary N) is 1. The first kappa shape index (κ1) is 14.2. The maximum atomic E-state index is 11.0. The largest absolute Gasteiger partial charge is 0.493 e. The van der Waals surface area contributed by atoms with Gasteiger partial charge in [-0.1, -0.05) is 18.2 Å². The lowest BCUT2D eigenvalue weighted by Crippen LogP contribution is -2.41. The topological polar surface area (TPSA) is 58.8 Å². The third kappa shape index (κ3) is 2.69. The van der Waals surface area contributed by atoms with Crippen LogP contribution in [0.3, 0.4) is 0 Å². The molecule has 1 unspecified atom stereocenters. The standard InChI is InChI=1S/C18H19N3O2/c22-18(7-10-23-17-4-2-1-3-16(17)18)13-19-12-14-6-9-21-15(11-14)5-8-20-21/h1-6,8-9,11,19,22H,7,10,12-13H2. The molecule has 23 heavy (non-hydrogen) atoms. The van der Waals surface area contributed by atoms with Crippen molar-refractivity contribution in [3.8, 4) is 5.75 Å². The predicted octanol–water partition coefficient (Wildman–Crippen LogP) is 2.09. The van der Waals surface area contributed by atoms with E-state index in [0.717, 1.165) is 16.8 Å². The Kier molecular flexibility index (Phi) is 3.52. The van der Waals surface area contributed by atoms with Crippen molar-refractivity contribution < 1.29 is 9.84 Å². The van der Waals surface area contributed by atoms with Crippen LogP contribution in [-0.4, -0.2) is 27.9 Å². The summed E-state index contributed by atoms with van der Waals surface area (Å²) < 4.78 is 7.46. The Labute approximate surface area is 134 Å². The molecule has 2 aromatic heterocycles. The number of ether oxygens (including phenoxy) is 1. The summed E-state index contributed by atoms with van der Waals surface area (Å²) in [5.41, 5.74) is 2.22. The van der Waals surface area contributed by atoms with E-state index >= 15 is 0 Å². The quantitative estimate of drug-likeness (QED) is 0.775. The molecule has 3 heterocycles. The Morgan fingerprint density at radius 3 is 3.13 bits per heavy atom. The van der Waals surface area contributed by atoms with Crippen LogP contribution in [0, 0.1) is 0 Å². The van der Waals surface area contributed by atoms with Crippen molar-refractivity contribution in [3.05, 3.63) is 66.0 Å². The molecule has 1 aliphatic rings. The van der Waals surface area contributed by atoms with Crippen molar-refractivity contribution in [2.24, 2.45) is 0 Å². The zero-order valence-electron chi connectivity index (χ0n) is 12.8. The van der Waals surface area contributed by atoms with Crippen molar-refractivity contribution in [1.29, 1.82) is 0 Å². The zero-order chi connectivity index (χ0) is 15.7. The van der Waals surface area contributed by atoms with Gasteiger partial charge in [-0.05, 0) is 29.8 Å². The van der Waals surface area contributed by atoms with Gasteiger partial charge in [-0.3, -0.25) is 0 Å². The number of para-hydroxylation sites is 1. The molecule has 1 aliphatic heterocycles. The molecule has 0 bridgehead atoms. The first-order chi connectivity index (χ1) is 11.2. The molecule has 0 amide bonds. The van der Waals surface area contributed by atoms with Gasteiger partial charge in [0.05, 0.1) is 12.1 Å². The minimum absolute atomic E-state index is 0.498. The predicted molar refractivity (Wildman–Crippen MR) is 87.3 cm³/mol. The minimum atomic E-state index is -0.879. The van der Waals surface area contributed by atoms with E-state index in [0.29, 0.717) is 26.1 Å². The lowest BCUT2D eigenvalue weighted by Gasteiger charge is -2.34. The molecule has 1 atom stereocenters. The molecule has 5 heteroatoms. The smallest absolute Gasteiger partial charge is 0.125 e. The van der Waals surface area contributed by atoms with Crippen LogP contribution in [0.5, 0.6) is 5.75 Å². The Morgan fingerprint density at radius 1 is 1.26 bits per heavy atom. The molecule has 0 spiro atoms. The minimum Gasteiger partial charge on any atom is -0.493 e. The molecular weight excluding hydrogens is 290 g/mol. The summed E-state index contributed by atoms with van der Waals surface area (Å²) in [6.07, 6.45) is 4.33. The Morgan fingerprint density at radius 2 is 2.17 bits per heavy atom. The highest BCUT2D eigenvalue weighted by molar-refractivity contribution is 5.47. The van der Waals surface area contributed by atoms with Crippen molar-refractivity contribution in [2.75, 3.05) is 13.2 Å². The van der Waals surface area contributed by atoms with Gasteiger partial charge in [0.15, 0.2) is 0 Å². The van der Waals surface area contributed by atoms with Crippen LogP contribution in [0.2, 0.25) is 0 Å². The van der Waals surface area contributed by atoms with Crippen LogP contribution in [0.1, 0.15) is 17.5 Å². The van der Waals surface area contributed by atoms with Crippen LogP contribution >= 0.6 is 0 Å². The van der Waals surface area contributed by atoms with E-state index < -0.39 is 5.60 Å². The number of aromatic nitrogens is 2. The van der Waals surface area contributed by atoms with Crippen LogP contribution in [0.15, 0.2) is 54.9 Å². The number of hydrogen-bond donors (Lipinski definition) is 2. The van der Waals surface area contributed by atoms with E-state index in [9.17, 15) is 5.11 Å². The van der Waals surface area contributed by atoms with Crippen LogP contribution in [0.4, 0.5) is 0 Å². The summed E-state index contributed by atoms with van der Waals surface area (Å²) in [6.45, 7) is 1.74. The van der Waals surface area contributed by atoms with Gasteiger partial charge in [-0.25, -0.2) is 4.52 Å². The highest BCUT2D eigenvalue weighted by atomic mass is 16.5. The van der Waals surface area contributed by atoms with E-state index in [1.165, 1.54) is 5.56 Å². The van der Waals surface area contributed by atoms with E-state index in [1.807, 2.05) is 47.1 Å². The van der Waals surface area contributed by atoms with Gasteiger partial charge in [0.2, 0.25) is 0 Å². The Bertz CT molecular complexity index is 830. The maximum absolute atomic E-state index is 11.0. The zero-order valence-corrected chi connectivity index (χ0v) is 12.8. The van der Waals surface area contributed by atoms with Crippen molar-refractivity contribution in [3.63, 3.8) is 0 Å². The molecule has 5 nitrogen and oxygen atoms in total. The summed E-state index contributed by atoms with van der Waals surface area (Å²) in [7, 11) is 0. The third-order valence-electron chi connectivity index (χ3n) is 4.37. The Balaban J connectivity index is 1.46. The number of rotatable bonds is 4. The summed E-state index contributed by atoms with van der Waals surface area (Å²) in [5.74, 6) is 0.781. The number of pyridine rings is 1. The van der Waals surface area contributed by atoms with E-state index in [-0.39, 0.29) is 0 Å². The Hall–Kier alpha value is -2.37. The molecule has 0 fully saturated rings. The van der Waals surface area contributed by atoms with Gasteiger partial charge >= 0.3 is 0 Å². The second-order valence-corrected chi connectivity index (χ2v) is 5.97. The first-order valence-electron chi connectivity index (χ1n) is 7.82. The number of benzene rings is 1.